The Morgan fingerprint density at radius 2 is 1.73 bits per heavy atom. The highest BCUT2D eigenvalue weighted by molar-refractivity contribution is 5.90. The molecule has 4 aromatic rings. The number of carbonyl (C=O) groups is 1. The van der Waals surface area contributed by atoms with Crippen molar-refractivity contribution in [3.05, 3.63) is 114 Å². The van der Waals surface area contributed by atoms with Gasteiger partial charge < -0.3 is 19.5 Å². The smallest absolute Gasteiger partial charge is 0.322 e. The summed E-state index contributed by atoms with van der Waals surface area (Å²) in [6.07, 6.45) is 2.07. The summed E-state index contributed by atoms with van der Waals surface area (Å²) < 4.78 is 7.72. The van der Waals surface area contributed by atoms with Gasteiger partial charge in [-0.25, -0.2) is 4.79 Å². The molecule has 5 nitrogen and oxygen atoms in total. The number of rotatable bonds is 4. The van der Waals surface area contributed by atoms with Gasteiger partial charge in [0, 0.05) is 17.6 Å². The van der Waals surface area contributed by atoms with E-state index in [1.165, 1.54) is 5.56 Å². The highest BCUT2D eigenvalue weighted by Gasteiger charge is 2.32. The van der Waals surface area contributed by atoms with Crippen molar-refractivity contribution in [3.63, 3.8) is 0 Å². The molecule has 5 heteroatoms. The van der Waals surface area contributed by atoms with Gasteiger partial charge in [-0.1, -0.05) is 48.0 Å². The van der Waals surface area contributed by atoms with E-state index in [-0.39, 0.29) is 12.1 Å². The Balaban J connectivity index is 1.55. The quantitative estimate of drug-likeness (QED) is 0.406. The highest BCUT2D eigenvalue weighted by Crippen LogP contribution is 2.37. The van der Waals surface area contributed by atoms with E-state index in [9.17, 15) is 4.79 Å². The van der Waals surface area contributed by atoms with Gasteiger partial charge in [0.25, 0.3) is 0 Å². The molecule has 0 spiro atoms. The zero-order valence-electron chi connectivity index (χ0n) is 18.9. The minimum Gasteiger partial charge on any atom is -0.494 e. The first-order valence-electron chi connectivity index (χ1n) is 11.3. The molecule has 166 valence electrons. The molecule has 1 aromatic heterocycles. The van der Waals surface area contributed by atoms with Gasteiger partial charge in [0.05, 0.1) is 24.9 Å². The number of para-hydroxylation sites is 1. The van der Waals surface area contributed by atoms with E-state index in [1.54, 1.807) is 0 Å². The Kier molecular flexibility index (Phi) is 5.61. The van der Waals surface area contributed by atoms with Crippen molar-refractivity contribution >= 4 is 11.7 Å². The van der Waals surface area contributed by atoms with Gasteiger partial charge in [0.15, 0.2) is 0 Å². The number of aromatic nitrogens is 1. The molecule has 0 fully saturated rings. The molecule has 1 N–H and O–H groups in total. The first kappa shape index (κ1) is 20.9. The zero-order chi connectivity index (χ0) is 22.8. The molecule has 1 atom stereocenters. The van der Waals surface area contributed by atoms with Crippen LogP contribution in [0.25, 0.3) is 5.69 Å². The number of nitrogens with one attached hydrogen (secondary N) is 1. The van der Waals surface area contributed by atoms with Crippen molar-refractivity contribution in [2.24, 2.45) is 0 Å². The summed E-state index contributed by atoms with van der Waals surface area (Å²) >= 11 is 0. The average molecular weight is 438 g/mol. The molecule has 2 amide bonds. The number of amides is 2. The number of ether oxygens (including phenoxy) is 1. The van der Waals surface area contributed by atoms with Crippen LogP contribution in [0.5, 0.6) is 5.75 Å². The predicted octanol–water partition coefficient (Wildman–Crippen LogP) is 6.32. The van der Waals surface area contributed by atoms with E-state index >= 15 is 0 Å². The maximum atomic E-state index is 13.7. The molecule has 1 unspecified atom stereocenters. The van der Waals surface area contributed by atoms with Gasteiger partial charge in [0.1, 0.15) is 5.75 Å². The van der Waals surface area contributed by atoms with E-state index < -0.39 is 0 Å². The lowest BCUT2D eigenvalue weighted by molar-refractivity contribution is 0.194. The van der Waals surface area contributed by atoms with Crippen molar-refractivity contribution < 1.29 is 9.53 Å². The third-order valence-corrected chi connectivity index (χ3v) is 6.03. The first-order valence-corrected chi connectivity index (χ1v) is 11.3. The number of carbonyl (C=O) groups excluding carboxylic acids is 1. The van der Waals surface area contributed by atoms with E-state index in [4.69, 9.17) is 4.74 Å². The molecule has 0 radical (unpaired) electrons. The van der Waals surface area contributed by atoms with Gasteiger partial charge in [-0.2, -0.15) is 0 Å². The summed E-state index contributed by atoms with van der Waals surface area (Å²) in [5.41, 5.74) is 6.27. The van der Waals surface area contributed by atoms with Crippen LogP contribution in [0.4, 0.5) is 10.5 Å². The summed E-state index contributed by atoms with van der Waals surface area (Å²) in [5.74, 6) is 0.787. The number of hydrogen-bond donors (Lipinski definition) is 1. The van der Waals surface area contributed by atoms with Crippen molar-refractivity contribution in [3.8, 4) is 11.4 Å². The van der Waals surface area contributed by atoms with Crippen molar-refractivity contribution in [1.82, 2.24) is 9.47 Å². The first-order chi connectivity index (χ1) is 16.1. The van der Waals surface area contributed by atoms with Crippen LogP contribution >= 0.6 is 0 Å². The van der Waals surface area contributed by atoms with Crippen LogP contribution < -0.4 is 10.1 Å². The monoisotopic (exact) mass is 437 g/mol. The van der Waals surface area contributed by atoms with E-state index in [1.807, 2.05) is 54.3 Å². The summed E-state index contributed by atoms with van der Waals surface area (Å²) in [5, 5.41) is 3.10. The SMILES string of the molecule is CCOc1ccc(NC(=O)N2Cc3ccccc3-n3cccc3C2c2ccc(C)cc2)cc1. The van der Waals surface area contributed by atoms with Gasteiger partial charge in [-0.05, 0) is 67.4 Å². The summed E-state index contributed by atoms with van der Waals surface area (Å²) in [6, 6.07) is 28.0. The normalized spacial score (nSPS) is 14.7. The van der Waals surface area contributed by atoms with Crippen molar-refractivity contribution in [2.45, 2.75) is 26.4 Å². The number of fused-ring (bicyclic) bond motifs is 3. The van der Waals surface area contributed by atoms with Gasteiger partial charge >= 0.3 is 6.03 Å². The van der Waals surface area contributed by atoms with Gasteiger partial charge in [-0.3, -0.25) is 0 Å². The molecule has 0 bridgehead atoms. The third kappa shape index (κ3) is 4.10. The van der Waals surface area contributed by atoms with Crippen molar-refractivity contribution in [2.75, 3.05) is 11.9 Å². The highest BCUT2D eigenvalue weighted by atomic mass is 16.5. The number of nitrogens with zero attached hydrogens (tertiary/aromatic N) is 2. The van der Waals surface area contributed by atoms with Gasteiger partial charge in [0.2, 0.25) is 0 Å². The van der Waals surface area contributed by atoms with Crippen LogP contribution in [0, 0.1) is 6.92 Å². The topological polar surface area (TPSA) is 46.5 Å². The number of urea groups is 1. The van der Waals surface area contributed by atoms with E-state index in [2.05, 4.69) is 65.5 Å². The standard InChI is InChI=1S/C28H27N3O2/c1-3-33-24-16-14-23(15-17-24)29-28(32)31-19-22-7-4-5-8-25(22)30-18-6-9-26(30)27(31)21-12-10-20(2)11-13-21/h4-18,27H,3,19H2,1-2H3,(H,29,32). The summed E-state index contributed by atoms with van der Waals surface area (Å²) in [4.78, 5) is 15.6. The summed E-state index contributed by atoms with van der Waals surface area (Å²) in [7, 11) is 0. The lowest BCUT2D eigenvalue weighted by Crippen LogP contribution is -2.37. The Morgan fingerprint density at radius 1 is 0.970 bits per heavy atom. The molecule has 0 saturated carbocycles. The van der Waals surface area contributed by atoms with Crippen LogP contribution in [0.1, 0.15) is 35.3 Å². The number of benzene rings is 3. The summed E-state index contributed by atoms with van der Waals surface area (Å²) in [6.45, 7) is 5.13. The minimum atomic E-state index is -0.226. The minimum absolute atomic E-state index is 0.144. The van der Waals surface area contributed by atoms with Crippen LogP contribution in [-0.2, 0) is 6.54 Å². The molecular weight excluding hydrogens is 410 g/mol. The second-order valence-corrected chi connectivity index (χ2v) is 8.26. The molecule has 1 aliphatic rings. The van der Waals surface area contributed by atoms with Crippen LogP contribution in [0.2, 0.25) is 0 Å². The van der Waals surface area contributed by atoms with Crippen LogP contribution in [-0.4, -0.2) is 22.1 Å². The lowest BCUT2D eigenvalue weighted by atomic mass is 10.0. The number of anilines is 1. The van der Waals surface area contributed by atoms with Crippen molar-refractivity contribution in [1.29, 1.82) is 0 Å². The molecule has 33 heavy (non-hydrogen) atoms. The average Bonchev–Trinajstić information content (AvgIpc) is 3.26. The van der Waals surface area contributed by atoms with E-state index in [0.29, 0.717) is 13.2 Å². The fraction of sp³-hybridized carbons (Fsp3) is 0.179. The second kappa shape index (κ2) is 8.87. The predicted molar refractivity (Wildman–Crippen MR) is 131 cm³/mol. The Labute approximate surface area is 194 Å². The molecule has 1 aliphatic heterocycles. The van der Waals surface area contributed by atoms with Gasteiger partial charge in [-0.15, -0.1) is 0 Å². The fourth-order valence-electron chi connectivity index (χ4n) is 4.44. The molecule has 5 rings (SSSR count). The van der Waals surface area contributed by atoms with Crippen LogP contribution in [0.3, 0.4) is 0 Å². The lowest BCUT2D eigenvalue weighted by Gasteiger charge is -2.31. The Morgan fingerprint density at radius 3 is 2.48 bits per heavy atom. The number of aryl methyl sites for hydroxylation is 1. The zero-order valence-corrected chi connectivity index (χ0v) is 18.9. The second-order valence-electron chi connectivity index (χ2n) is 8.26. The Hall–Kier alpha value is -3.99. The largest absolute Gasteiger partial charge is 0.494 e. The van der Waals surface area contributed by atoms with E-state index in [0.717, 1.165) is 33.9 Å². The number of hydrogen-bond acceptors (Lipinski definition) is 2. The third-order valence-electron chi connectivity index (χ3n) is 6.03. The molecule has 2 heterocycles. The Bertz CT molecular complexity index is 1260. The fourth-order valence-corrected chi connectivity index (χ4v) is 4.44. The van der Waals surface area contributed by atoms with Crippen LogP contribution in [0.15, 0.2) is 91.1 Å². The maximum Gasteiger partial charge on any atom is 0.322 e. The molecular formula is C28H27N3O2. The maximum absolute atomic E-state index is 13.7. The molecule has 3 aromatic carbocycles. The molecule has 0 saturated heterocycles. The molecule has 0 aliphatic carbocycles.